The number of nitrogens with zero attached hydrogens (tertiary/aromatic N) is 5. The fraction of sp³-hybridized carbons (Fsp3) is 0.450. The largest absolute Gasteiger partial charge is 0.368 e. The van der Waals surface area contributed by atoms with Crippen molar-refractivity contribution in [3.8, 4) is 6.07 Å². The van der Waals surface area contributed by atoms with Crippen LogP contribution in [0, 0.1) is 11.3 Å². The molecule has 1 saturated carbocycles. The van der Waals surface area contributed by atoms with Gasteiger partial charge in [-0.25, -0.2) is 9.97 Å². The number of hydrogen-bond donors (Lipinski definition) is 0. The average molecular weight is 333 g/mol. The molecule has 5 nitrogen and oxygen atoms in total. The molecule has 2 aromatic rings. The lowest BCUT2D eigenvalue weighted by atomic mass is 10.0. The molecule has 1 aliphatic carbocycles. The first kappa shape index (κ1) is 15.9. The summed E-state index contributed by atoms with van der Waals surface area (Å²) in [5, 5.41) is 9.39. The molecule has 2 heterocycles. The van der Waals surface area contributed by atoms with Crippen molar-refractivity contribution in [1.29, 1.82) is 5.26 Å². The van der Waals surface area contributed by atoms with E-state index in [4.69, 9.17) is 4.98 Å². The molecule has 0 radical (unpaired) electrons. The fourth-order valence-electron chi connectivity index (χ4n) is 3.62. The molecule has 128 valence electrons. The maximum atomic E-state index is 9.39. The molecule has 1 saturated heterocycles. The lowest BCUT2D eigenvalue weighted by Gasteiger charge is -2.39. The van der Waals surface area contributed by atoms with Crippen molar-refractivity contribution in [2.75, 3.05) is 29.9 Å². The van der Waals surface area contributed by atoms with Gasteiger partial charge in [0.15, 0.2) is 0 Å². The number of rotatable bonds is 4. The maximum absolute atomic E-state index is 9.39. The molecule has 5 heteroatoms. The molecule has 0 amide bonds. The molecule has 4 rings (SSSR count). The van der Waals surface area contributed by atoms with E-state index >= 15 is 0 Å². The van der Waals surface area contributed by atoms with Gasteiger partial charge in [-0.1, -0.05) is 12.1 Å². The van der Waals surface area contributed by atoms with Crippen LogP contribution in [0.3, 0.4) is 0 Å². The van der Waals surface area contributed by atoms with Crippen LogP contribution in [0.1, 0.15) is 43.0 Å². The second-order valence-electron chi connectivity index (χ2n) is 7.03. The van der Waals surface area contributed by atoms with E-state index < -0.39 is 0 Å². The predicted octanol–water partition coefficient (Wildman–Crippen LogP) is 3.33. The zero-order chi connectivity index (χ0) is 17.2. The first-order valence-corrected chi connectivity index (χ1v) is 9.06. The van der Waals surface area contributed by atoms with Crippen LogP contribution in [0.4, 0.5) is 11.5 Å². The summed E-state index contributed by atoms with van der Waals surface area (Å²) in [4.78, 5) is 13.8. The average Bonchev–Trinajstić information content (AvgIpc) is 3.53. The molecular formula is C20H23N5. The molecule has 0 N–H and O–H groups in total. The van der Waals surface area contributed by atoms with Gasteiger partial charge in [-0.2, -0.15) is 5.26 Å². The Labute approximate surface area is 148 Å². The van der Waals surface area contributed by atoms with Gasteiger partial charge in [0.05, 0.1) is 11.3 Å². The highest BCUT2D eigenvalue weighted by atomic mass is 15.3. The number of hydrogen-bond acceptors (Lipinski definition) is 5. The van der Waals surface area contributed by atoms with E-state index in [-0.39, 0.29) is 0 Å². The molecule has 1 aliphatic heterocycles. The number of nitriles is 1. The highest BCUT2D eigenvalue weighted by molar-refractivity contribution is 5.59. The van der Waals surface area contributed by atoms with Crippen LogP contribution in [-0.2, 0) is 0 Å². The maximum Gasteiger partial charge on any atom is 0.133 e. The molecular weight excluding hydrogens is 310 g/mol. The highest BCUT2D eigenvalue weighted by Gasteiger charge is 2.29. The van der Waals surface area contributed by atoms with Gasteiger partial charge in [-0.15, -0.1) is 0 Å². The summed E-state index contributed by atoms with van der Waals surface area (Å²) in [5.41, 5.74) is 1.80. The van der Waals surface area contributed by atoms with Gasteiger partial charge in [0.25, 0.3) is 0 Å². The summed E-state index contributed by atoms with van der Waals surface area (Å²) in [6.07, 6.45) is 6.59. The molecule has 1 unspecified atom stereocenters. The number of piperidine rings is 1. The molecule has 0 bridgehead atoms. The van der Waals surface area contributed by atoms with Gasteiger partial charge < -0.3 is 9.80 Å². The Balaban J connectivity index is 1.52. The van der Waals surface area contributed by atoms with Crippen LogP contribution in [-0.4, -0.2) is 36.1 Å². The lowest BCUT2D eigenvalue weighted by Crippen LogP contribution is -2.47. The minimum atomic E-state index is 0.391. The molecule has 0 spiro atoms. The second-order valence-corrected chi connectivity index (χ2v) is 7.03. The zero-order valence-electron chi connectivity index (χ0n) is 14.6. The van der Waals surface area contributed by atoms with Crippen LogP contribution >= 0.6 is 0 Å². The van der Waals surface area contributed by atoms with E-state index in [0.29, 0.717) is 12.0 Å². The van der Waals surface area contributed by atoms with Crippen molar-refractivity contribution in [3.05, 3.63) is 47.9 Å². The Kier molecular flexibility index (Phi) is 4.27. The molecule has 25 heavy (non-hydrogen) atoms. The number of aromatic nitrogens is 2. The van der Waals surface area contributed by atoms with E-state index in [1.807, 2.05) is 30.5 Å². The Morgan fingerprint density at radius 1 is 1.20 bits per heavy atom. The summed E-state index contributed by atoms with van der Waals surface area (Å²) < 4.78 is 0. The molecule has 2 aliphatic rings. The smallest absolute Gasteiger partial charge is 0.133 e. The number of benzene rings is 1. The van der Waals surface area contributed by atoms with Crippen LogP contribution in [0.5, 0.6) is 0 Å². The van der Waals surface area contributed by atoms with Crippen LogP contribution in [0.2, 0.25) is 0 Å². The first-order valence-electron chi connectivity index (χ1n) is 9.06. The Bertz CT molecular complexity index is 793. The Morgan fingerprint density at radius 3 is 2.84 bits per heavy atom. The van der Waals surface area contributed by atoms with Gasteiger partial charge in [0.1, 0.15) is 17.7 Å². The van der Waals surface area contributed by atoms with Gasteiger partial charge >= 0.3 is 0 Å². The second kappa shape index (κ2) is 6.72. The standard InChI is InChI=1S/C20H23N5/c1-24(19-10-11-22-20(23-19)15-8-9-15)17-6-4-12-25(14-17)18-7-3-2-5-16(18)13-21/h2-3,5,7,10-11,15,17H,4,6,8-9,12,14H2,1H3. The molecule has 1 atom stereocenters. The highest BCUT2D eigenvalue weighted by Crippen LogP contribution is 2.38. The molecule has 1 aromatic carbocycles. The summed E-state index contributed by atoms with van der Waals surface area (Å²) in [7, 11) is 2.13. The Morgan fingerprint density at radius 2 is 2.04 bits per heavy atom. The third-order valence-corrected chi connectivity index (χ3v) is 5.27. The van der Waals surface area contributed by atoms with Gasteiger partial charge in [-0.3, -0.25) is 0 Å². The van der Waals surface area contributed by atoms with E-state index in [1.165, 1.54) is 12.8 Å². The van der Waals surface area contributed by atoms with E-state index in [2.05, 4.69) is 34.0 Å². The third kappa shape index (κ3) is 3.30. The van der Waals surface area contributed by atoms with Crippen LogP contribution in [0.25, 0.3) is 0 Å². The number of likely N-dealkylation sites (N-methyl/N-ethyl adjacent to an activating group) is 1. The summed E-state index contributed by atoms with van der Waals surface area (Å²) in [5.74, 6) is 2.57. The minimum Gasteiger partial charge on any atom is -0.368 e. The van der Waals surface area contributed by atoms with E-state index in [9.17, 15) is 5.26 Å². The summed E-state index contributed by atoms with van der Waals surface area (Å²) >= 11 is 0. The first-order chi connectivity index (χ1) is 12.3. The lowest BCUT2D eigenvalue weighted by molar-refractivity contribution is 0.485. The van der Waals surface area contributed by atoms with Gasteiger partial charge in [-0.05, 0) is 43.9 Å². The summed E-state index contributed by atoms with van der Waals surface area (Å²) in [6.45, 7) is 1.91. The van der Waals surface area contributed by atoms with Crippen molar-refractivity contribution in [2.24, 2.45) is 0 Å². The normalized spacial score (nSPS) is 20.2. The van der Waals surface area contributed by atoms with Crippen molar-refractivity contribution in [3.63, 3.8) is 0 Å². The van der Waals surface area contributed by atoms with Gasteiger partial charge in [0, 0.05) is 38.3 Å². The van der Waals surface area contributed by atoms with Crippen molar-refractivity contribution >= 4 is 11.5 Å². The van der Waals surface area contributed by atoms with E-state index in [1.54, 1.807) is 0 Å². The van der Waals surface area contributed by atoms with Gasteiger partial charge in [0.2, 0.25) is 0 Å². The number of anilines is 2. The van der Waals surface area contributed by atoms with Crippen molar-refractivity contribution in [2.45, 2.75) is 37.6 Å². The van der Waals surface area contributed by atoms with Crippen molar-refractivity contribution in [1.82, 2.24) is 9.97 Å². The molecule has 2 fully saturated rings. The third-order valence-electron chi connectivity index (χ3n) is 5.27. The van der Waals surface area contributed by atoms with Crippen LogP contribution < -0.4 is 9.80 Å². The number of para-hydroxylation sites is 1. The monoisotopic (exact) mass is 333 g/mol. The van der Waals surface area contributed by atoms with Crippen molar-refractivity contribution < 1.29 is 0 Å². The van der Waals surface area contributed by atoms with E-state index in [0.717, 1.165) is 48.8 Å². The fourth-order valence-corrected chi connectivity index (χ4v) is 3.62. The quantitative estimate of drug-likeness (QED) is 0.859. The summed E-state index contributed by atoms with van der Waals surface area (Å²) in [6, 6.07) is 12.6. The Hall–Kier alpha value is -2.61. The zero-order valence-corrected chi connectivity index (χ0v) is 14.6. The van der Waals surface area contributed by atoms with Crippen LogP contribution in [0.15, 0.2) is 36.5 Å². The molecule has 1 aromatic heterocycles. The topological polar surface area (TPSA) is 56.1 Å². The minimum absolute atomic E-state index is 0.391. The SMILES string of the molecule is CN(c1ccnc(C2CC2)n1)C1CCCN(c2ccccc2C#N)C1. The predicted molar refractivity (Wildman–Crippen MR) is 98.8 cm³/mol.